The molecule has 9 heavy (non-hydrogen) atoms. The summed E-state index contributed by atoms with van der Waals surface area (Å²) in [4.78, 5) is 0. The lowest BCUT2D eigenvalue weighted by atomic mass is 9.93. The van der Waals surface area contributed by atoms with E-state index in [1.807, 2.05) is 6.92 Å². The summed E-state index contributed by atoms with van der Waals surface area (Å²) in [5, 5.41) is 0. The zero-order valence-electron chi connectivity index (χ0n) is 6.77. The van der Waals surface area contributed by atoms with Crippen molar-refractivity contribution in [3.8, 4) is 0 Å². The molecule has 0 rings (SSSR count). The normalized spacial score (nSPS) is 18.0. The largest absolute Gasteiger partial charge is 0.377 e. The van der Waals surface area contributed by atoms with Crippen molar-refractivity contribution in [2.24, 2.45) is 11.7 Å². The van der Waals surface area contributed by atoms with Gasteiger partial charge >= 0.3 is 0 Å². The molecule has 0 aliphatic rings. The van der Waals surface area contributed by atoms with Crippen LogP contribution in [0.15, 0.2) is 0 Å². The molecule has 0 aromatic carbocycles. The molecule has 0 aromatic rings. The summed E-state index contributed by atoms with van der Waals surface area (Å²) in [6, 6.07) is 0. The Hall–Kier alpha value is -0.0800. The molecule has 0 heterocycles. The third kappa shape index (κ3) is 1.95. The zero-order valence-corrected chi connectivity index (χ0v) is 6.77. The lowest BCUT2D eigenvalue weighted by molar-refractivity contribution is -0.0240. The van der Waals surface area contributed by atoms with Gasteiger partial charge in [-0.2, -0.15) is 0 Å². The third-order valence-corrected chi connectivity index (χ3v) is 2.09. The van der Waals surface area contributed by atoms with Gasteiger partial charge in [0, 0.05) is 13.7 Å². The van der Waals surface area contributed by atoms with Crippen LogP contribution in [0.5, 0.6) is 0 Å². The number of rotatable bonds is 3. The van der Waals surface area contributed by atoms with Gasteiger partial charge in [0.15, 0.2) is 0 Å². The first kappa shape index (κ1) is 8.92. The van der Waals surface area contributed by atoms with E-state index in [4.69, 9.17) is 10.5 Å². The van der Waals surface area contributed by atoms with Gasteiger partial charge in [0.25, 0.3) is 0 Å². The first-order valence-corrected chi connectivity index (χ1v) is 3.32. The summed E-state index contributed by atoms with van der Waals surface area (Å²) in [5.74, 6) is 0.479. The Kier molecular flexibility index (Phi) is 3.15. The topological polar surface area (TPSA) is 35.2 Å². The molecule has 0 aliphatic heterocycles. The van der Waals surface area contributed by atoms with Crippen molar-refractivity contribution in [3.05, 3.63) is 0 Å². The van der Waals surface area contributed by atoms with Crippen molar-refractivity contribution in [2.45, 2.75) is 26.4 Å². The molecule has 2 nitrogen and oxygen atoms in total. The average molecular weight is 131 g/mol. The number of methoxy groups -OCH3 is 1. The Bertz CT molecular complexity index is 77.0. The number of ether oxygens (including phenoxy) is 1. The van der Waals surface area contributed by atoms with Gasteiger partial charge in [-0.15, -0.1) is 0 Å². The van der Waals surface area contributed by atoms with Crippen LogP contribution in [-0.4, -0.2) is 19.3 Å². The van der Waals surface area contributed by atoms with Crippen LogP contribution in [0.3, 0.4) is 0 Å². The summed E-state index contributed by atoms with van der Waals surface area (Å²) in [5.41, 5.74) is 5.35. The van der Waals surface area contributed by atoms with E-state index in [0.29, 0.717) is 12.5 Å². The van der Waals surface area contributed by atoms with Crippen LogP contribution in [0.4, 0.5) is 0 Å². The van der Waals surface area contributed by atoms with Crippen molar-refractivity contribution in [1.29, 1.82) is 0 Å². The van der Waals surface area contributed by atoms with E-state index in [2.05, 4.69) is 13.8 Å². The van der Waals surface area contributed by atoms with Gasteiger partial charge in [0.05, 0.1) is 5.60 Å². The molecule has 0 fully saturated rings. The molecular formula is C7H17NO. The molecule has 1 unspecified atom stereocenters. The molecule has 0 aliphatic carbocycles. The van der Waals surface area contributed by atoms with Crippen LogP contribution >= 0.6 is 0 Å². The second-order valence-corrected chi connectivity index (χ2v) is 2.88. The van der Waals surface area contributed by atoms with Crippen molar-refractivity contribution >= 4 is 0 Å². The molecule has 2 heteroatoms. The van der Waals surface area contributed by atoms with Crippen molar-refractivity contribution in [2.75, 3.05) is 13.7 Å². The van der Waals surface area contributed by atoms with Crippen LogP contribution in [0.1, 0.15) is 20.8 Å². The minimum atomic E-state index is -0.139. The summed E-state index contributed by atoms with van der Waals surface area (Å²) >= 11 is 0. The van der Waals surface area contributed by atoms with E-state index in [-0.39, 0.29) is 5.60 Å². The summed E-state index contributed by atoms with van der Waals surface area (Å²) in [6.45, 7) is 6.82. The second-order valence-electron chi connectivity index (χ2n) is 2.88. The van der Waals surface area contributed by atoms with Crippen LogP contribution < -0.4 is 5.73 Å². The molecule has 0 bridgehead atoms. The van der Waals surface area contributed by atoms with Crippen LogP contribution in [0, 0.1) is 5.92 Å². The zero-order chi connectivity index (χ0) is 7.49. The fourth-order valence-corrected chi connectivity index (χ4v) is 0.555. The van der Waals surface area contributed by atoms with Crippen LogP contribution in [0.2, 0.25) is 0 Å². The molecule has 56 valence electrons. The van der Waals surface area contributed by atoms with Gasteiger partial charge in [-0.05, 0) is 12.8 Å². The number of nitrogens with two attached hydrogens (primary N) is 1. The number of hydrogen-bond donors (Lipinski definition) is 1. The van der Waals surface area contributed by atoms with Gasteiger partial charge in [-0.3, -0.25) is 0 Å². The third-order valence-electron chi connectivity index (χ3n) is 2.09. The maximum Gasteiger partial charge on any atom is 0.0795 e. The van der Waals surface area contributed by atoms with Crippen molar-refractivity contribution in [1.82, 2.24) is 0 Å². The van der Waals surface area contributed by atoms with E-state index < -0.39 is 0 Å². The fraction of sp³-hybridized carbons (Fsp3) is 1.00. The highest BCUT2D eigenvalue weighted by Gasteiger charge is 2.25. The van der Waals surface area contributed by atoms with E-state index in [1.165, 1.54) is 0 Å². The Morgan fingerprint density at radius 1 is 1.56 bits per heavy atom. The Morgan fingerprint density at radius 2 is 2.00 bits per heavy atom. The van der Waals surface area contributed by atoms with Gasteiger partial charge in [-0.25, -0.2) is 0 Å². The summed E-state index contributed by atoms with van der Waals surface area (Å²) in [7, 11) is 1.70. The van der Waals surface area contributed by atoms with Gasteiger partial charge in [-0.1, -0.05) is 13.8 Å². The molecule has 0 spiro atoms. The van der Waals surface area contributed by atoms with E-state index in [1.54, 1.807) is 7.11 Å². The lowest BCUT2D eigenvalue weighted by Gasteiger charge is -2.30. The maximum absolute atomic E-state index is 5.49. The molecular weight excluding hydrogens is 114 g/mol. The Balaban J connectivity index is 3.92. The Morgan fingerprint density at radius 3 is 2.00 bits per heavy atom. The quantitative estimate of drug-likeness (QED) is 0.620. The molecule has 0 saturated carbocycles. The predicted molar refractivity (Wildman–Crippen MR) is 39.3 cm³/mol. The highest BCUT2D eigenvalue weighted by molar-refractivity contribution is 4.78. The lowest BCUT2D eigenvalue weighted by Crippen LogP contribution is -2.41. The maximum atomic E-state index is 5.49. The fourth-order valence-electron chi connectivity index (χ4n) is 0.555. The van der Waals surface area contributed by atoms with Gasteiger partial charge in [0.1, 0.15) is 0 Å². The standard InChI is InChI=1S/C7H17NO/c1-6(2)7(3,5-8)9-4/h6H,5,8H2,1-4H3. The highest BCUT2D eigenvalue weighted by atomic mass is 16.5. The van der Waals surface area contributed by atoms with Gasteiger partial charge < -0.3 is 10.5 Å². The summed E-state index contributed by atoms with van der Waals surface area (Å²) in [6.07, 6.45) is 0. The predicted octanol–water partition coefficient (Wildman–Crippen LogP) is 1.01. The smallest absolute Gasteiger partial charge is 0.0795 e. The van der Waals surface area contributed by atoms with Crippen LogP contribution in [-0.2, 0) is 4.74 Å². The number of hydrogen-bond acceptors (Lipinski definition) is 2. The first-order chi connectivity index (χ1) is 4.06. The Labute approximate surface area is 57.4 Å². The highest BCUT2D eigenvalue weighted by Crippen LogP contribution is 2.17. The SMILES string of the molecule is COC(C)(CN)C(C)C. The van der Waals surface area contributed by atoms with Gasteiger partial charge in [0.2, 0.25) is 0 Å². The average Bonchev–Trinajstić information content (AvgIpc) is 1.86. The monoisotopic (exact) mass is 131 g/mol. The van der Waals surface area contributed by atoms with Crippen LogP contribution in [0.25, 0.3) is 0 Å². The minimum Gasteiger partial charge on any atom is -0.377 e. The molecule has 0 radical (unpaired) electrons. The molecule has 0 saturated heterocycles. The van der Waals surface area contributed by atoms with Crippen molar-refractivity contribution in [3.63, 3.8) is 0 Å². The molecule has 0 amide bonds. The molecule has 1 atom stereocenters. The van der Waals surface area contributed by atoms with Crippen molar-refractivity contribution < 1.29 is 4.74 Å². The minimum absolute atomic E-state index is 0.139. The van der Waals surface area contributed by atoms with E-state index in [9.17, 15) is 0 Å². The van der Waals surface area contributed by atoms with E-state index in [0.717, 1.165) is 0 Å². The van der Waals surface area contributed by atoms with E-state index >= 15 is 0 Å². The second kappa shape index (κ2) is 3.18. The summed E-state index contributed by atoms with van der Waals surface area (Å²) < 4.78 is 5.22. The first-order valence-electron chi connectivity index (χ1n) is 3.32. The molecule has 2 N–H and O–H groups in total. The molecule has 0 aromatic heterocycles.